The molecule has 0 fully saturated rings. The third-order valence-electron chi connectivity index (χ3n) is 3.07. The highest BCUT2D eigenvalue weighted by molar-refractivity contribution is 7.89. The molecule has 0 bridgehead atoms. The average Bonchev–Trinajstić information content (AvgIpc) is 2.32. The van der Waals surface area contributed by atoms with Crippen LogP contribution in [0, 0.1) is 12.7 Å². The second kappa shape index (κ2) is 7.00. The van der Waals surface area contributed by atoms with Crippen LogP contribution >= 0.6 is 0 Å². The molecule has 0 aliphatic rings. The Morgan fingerprint density at radius 3 is 2.48 bits per heavy atom. The zero-order valence-electron chi connectivity index (χ0n) is 12.3. The monoisotopic (exact) mass is 317 g/mol. The number of aliphatic carboxylic acids is 1. The average molecular weight is 317 g/mol. The first-order chi connectivity index (χ1) is 9.66. The van der Waals surface area contributed by atoms with Gasteiger partial charge in [0.15, 0.2) is 0 Å². The number of halogens is 1. The minimum atomic E-state index is -3.77. The van der Waals surface area contributed by atoms with E-state index in [1.165, 1.54) is 23.4 Å². The summed E-state index contributed by atoms with van der Waals surface area (Å²) in [4.78, 5) is 10.6. The van der Waals surface area contributed by atoms with Crippen molar-refractivity contribution in [1.29, 1.82) is 0 Å². The van der Waals surface area contributed by atoms with Crippen LogP contribution in [-0.2, 0) is 14.8 Å². The topological polar surface area (TPSA) is 74.7 Å². The van der Waals surface area contributed by atoms with Crippen molar-refractivity contribution in [2.75, 3.05) is 6.54 Å². The van der Waals surface area contributed by atoms with Gasteiger partial charge in [0.25, 0.3) is 0 Å². The normalized spacial score (nSPS) is 12.1. The van der Waals surface area contributed by atoms with Gasteiger partial charge in [0, 0.05) is 19.0 Å². The lowest BCUT2D eigenvalue weighted by molar-refractivity contribution is -0.137. The molecule has 118 valence electrons. The molecule has 0 aromatic heterocycles. The summed E-state index contributed by atoms with van der Waals surface area (Å²) in [6, 6.07) is 3.21. The molecular weight excluding hydrogens is 297 g/mol. The summed E-state index contributed by atoms with van der Waals surface area (Å²) in [5.74, 6) is -1.46. The maximum Gasteiger partial charge on any atom is 0.303 e. The van der Waals surface area contributed by atoms with E-state index in [4.69, 9.17) is 5.11 Å². The molecule has 0 amide bonds. The van der Waals surface area contributed by atoms with E-state index in [0.29, 0.717) is 5.56 Å². The number of carbonyl (C=O) groups is 1. The van der Waals surface area contributed by atoms with E-state index in [0.717, 1.165) is 6.07 Å². The molecule has 1 N–H and O–H groups in total. The number of sulfonamides is 1. The van der Waals surface area contributed by atoms with E-state index in [1.54, 1.807) is 13.8 Å². The molecule has 1 aromatic carbocycles. The Balaban J connectivity index is 3.07. The van der Waals surface area contributed by atoms with Gasteiger partial charge in [-0.05, 0) is 51.0 Å². The van der Waals surface area contributed by atoms with E-state index < -0.39 is 21.8 Å². The first-order valence-corrected chi connectivity index (χ1v) is 8.10. The van der Waals surface area contributed by atoms with Gasteiger partial charge in [-0.3, -0.25) is 4.79 Å². The lowest BCUT2D eigenvalue weighted by Crippen LogP contribution is -2.38. The molecule has 0 spiro atoms. The summed E-state index contributed by atoms with van der Waals surface area (Å²) >= 11 is 0. The van der Waals surface area contributed by atoms with E-state index in [-0.39, 0.29) is 30.3 Å². The lowest BCUT2D eigenvalue weighted by atomic mass is 10.2. The number of hydrogen-bond acceptors (Lipinski definition) is 3. The third kappa shape index (κ3) is 4.50. The van der Waals surface area contributed by atoms with Crippen LogP contribution in [0.4, 0.5) is 4.39 Å². The van der Waals surface area contributed by atoms with E-state index in [9.17, 15) is 17.6 Å². The van der Waals surface area contributed by atoms with Gasteiger partial charge in [0.05, 0.1) is 4.90 Å². The lowest BCUT2D eigenvalue weighted by Gasteiger charge is -2.26. The summed E-state index contributed by atoms with van der Waals surface area (Å²) < 4.78 is 39.6. The summed E-state index contributed by atoms with van der Waals surface area (Å²) in [6.45, 7) is 5.09. The minimum Gasteiger partial charge on any atom is -0.481 e. The molecule has 7 heteroatoms. The highest BCUT2D eigenvalue weighted by atomic mass is 32.2. The Morgan fingerprint density at radius 1 is 1.38 bits per heavy atom. The number of carboxylic acid groups (broad SMARTS) is 1. The highest BCUT2D eigenvalue weighted by Gasteiger charge is 2.28. The quantitative estimate of drug-likeness (QED) is 0.838. The number of hydrogen-bond donors (Lipinski definition) is 1. The van der Waals surface area contributed by atoms with Crippen LogP contribution in [0.25, 0.3) is 0 Å². The smallest absolute Gasteiger partial charge is 0.303 e. The molecule has 0 atom stereocenters. The molecule has 0 aliphatic heterocycles. The van der Waals surface area contributed by atoms with E-state index in [2.05, 4.69) is 0 Å². The van der Waals surface area contributed by atoms with Crippen LogP contribution in [0.5, 0.6) is 0 Å². The highest BCUT2D eigenvalue weighted by Crippen LogP contribution is 2.23. The number of carboxylic acids is 1. The Labute approximate surface area is 124 Å². The number of benzene rings is 1. The van der Waals surface area contributed by atoms with Gasteiger partial charge in [-0.2, -0.15) is 4.31 Å². The Morgan fingerprint density at radius 2 is 2.00 bits per heavy atom. The number of rotatable bonds is 7. The fourth-order valence-electron chi connectivity index (χ4n) is 2.07. The van der Waals surface area contributed by atoms with Crippen molar-refractivity contribution in [3.05, 3.63) is 29.6 Å². The van der Waals surface area contributed by atoms with Gasteiger partial charge >= 0.3 is 5.97 Å². The molecule has 0 unspecified atom stereocenters. The van der Waals surface area contributed by atoms with Crippen molar-refractivity contribution in [3.63, 3.8) is 0 Å². The number of nitrogens with zero attached hydrogens (tertiary/aromatic N) is 1. The summed E-state index contributed by atoms with van der Waals surface area (Å²) in [6.07, 6.45) is 0.133. The molecule has 0 radical (unpaired) electrons. The predicted molar refractivity (Wildman–Crippen MR) is 77.0 cm³/mol. The van der Waals surface area contributed by atoms with Gasteiger partial charge < -0.3 is 5.11 Å². The fraction of sp³-hybridized carbons (Fsp3) is 0.500. The summed E-state index contributed by atoms with van der Waals surface area (Å²) in [5, 5.41) is 8.65. The Kier molecular flexibility index (Phi) is 5.86. The van der Waals surface area contributed by atoms with Crippen molar-refractivity contribution in [2.45, 2.75) is 44.6 Å². The van der Waals surface area contributed by atoms with Gasteiger partial charge in [0.2, 0.25) is 10.0 Å². The molecule has 0 heterocycles. The van der Waals surface area contributed by atoms with E-state index >= 15 is 0 Å². The maximum atomic E-state index is 13.1. The minimum absolute atomic E-state index is 0.0490. The van der Waals surface area contributed by atoms with Crippen molar-refractivity contribution in [2.24, 2.45) is 0 Å². The maximum absolute atomic E-state index is 13.1. The standard InChI is InChI=1S/C14H20FNO4S/c1-10(2)16(8-4-5-14(17)18)21(19,20)13-7-6-12(15)9-11(13)3/h6-7,9-10H,4-5,8H2,1-3H3,(H,17,18). The molecule has 0 aliphatic carbocycles. The predicted octanol–water partition coefficient (Wildman–Crippen LogP) is 2.40. The van der Waals surface area contributed by atoms with Crippen molar-refractivity contribution in [3.8, 4) is 0 Å². The van der Waals surface area contributed by atoms with Crippen LogP contribution in [0.3, 0.4) is 0 Å². The molecule has 21 heavy (non-hydrogen) atoms. The van der Waals surface area contributed by atoms with E-state index in [1.807, 2.05) is 0 Å². The van der Waals surface area contributed by atoms with Crippen LogP contribution in [0.2, 0.25) is 0 Å². The molecule has 5 nitrogen and oxygen atoms in total. The summed E-state index contributed by atoms with van der Waals surface area (Å²) in [7, 11) is -3.77. The number of aryl methyl sites for hydroxylation is 1. The molecule has 0 saturated heterocycles. The SMILES string of the molecule is Cc1cc(F)ccc1S(=O)(=O)N(CCCC(=O)O)C(C)C. The van der Waals surface area contributed by atoms with Crippen LogP contribution in [0.15, 0.2) is 23.1 Å². The fourth-order valence-corrected chi connectivity index (χ4v) is 3.95. The van der Waals surface area contributed by atoms with Crippen LogP contribution in [0.1, 0.15) is 32.3 Å². The third-order valence-corrected chi connectivity index (χ3v) is 5.30. The van der Waals surface area contributed by atoms with Gasteiger partial charge in [-0.15, -0.1) is 0 Å². The second-order valence-corrected chi connectivity index (χ2v) is 6.98. The largest absolute Gasteiger partial charge is 0.481 e. The van der Waals surface area contributed by atoms with Crippen LogP contribution < -0.4 is 0 Å². The molecule has 1 rings (SSSR count). The van der Waals surface area contributed by atoms with Crippen molar-refractivity contribution >= 4 is 16.0 Å². The Bertz CT molecular complexity index is 613. The van der Waals surface area contributed by atoms with Crippen molar-refractivity contribution in [1.82, 2.24) is 4.31 Å². The summed E-state index contributed by atoms with van der Waals surface area (Å²) in [5.41, 5.74) is 0.332. The molecular formula is C14H20FNO4S. The zero-order chi connectivity index (χ0) is 16.2. The van der Waals surface area contributed by atoms with Crippen molar-refractivity contribution < 1.29 is 22.7 Å². The first kappa shape index (κ1) is 17.6. The zero-order valence-corrected chi connectivity index (χ0v) is 13.2. The van der Waals surface area contributed by atoms with Gasteiger partial charge in [-0.1, -0.05) is 0 Å². The molecule has 0 saturated carbocycles. The molecule has 1 aromatic rings. The van der Waals surface area contributed by atoms with Gasteiger partial charge in [-0.25, -0.2) is 12.8 Å². The van der Waals surface area contributed by atoms with Gasteiger partial charge in [0.1, 0.15) is 5.82 Å². The first-order valence-electron chi connectivity index (χ1n) is 6.66. The Hall–Kier alpha value is -1.47. The van der Waals surface area contributed by atoms with Crippen LogP contribution in [-0.4, -0.2) is 36.4 Å². The second-order valence-electron chi connectivity index (χ2n) is 5.12.